The van der Waals surface area contributed by atoms with Gasteiger partial charge >= 0.3 is 0 Å². The van der Waals surface area contributed by atoms with E-state index in [9.17, 15) is 19.4 Å². The summed E-state index contributed by atoms with van der Waals surface area (Å²) in [7, 11) is 0. The zero-order valence-electron chi connectivity index (χ0n) is 16.6. The van der Waals surface area contributed by atoms with E-state index in [0.717, 1.165) is 0 Å². The Morgan fingerprint density at radius 3 is 2.59 bits per heavy atom. The molecule has 1 aromatic heterocycles. The van der Waals surface area contributed by atoms with E-state index >= 15 is 0 Å². The monoisotopic (exact) mass is 403 g/mol. The van der Waals surface area contributed by atoms with Crippen LogP contribution >= 0.6 is 0 Å². The minimum Gasteiger partial charge on any atom is -0.387 e. The number of aromatic amines is 1. The quantitative estimate of drug-likeness (QED) is 0.713. The van der Waals surface area contributed by atoms with E-state index in [-0.39, 0.29) is 11.7 Å². The number of nitrogens with zero attached hydrogens (tertiary/aromatic N) is 2. The van der Waals surface area contributed by atoms with E-state index in [1.54, 1.807) is 30.9 Å². The molecule has 0 saturated carbocycles. The molecule has 1 spiro atoms. The number of piperidine rings is 1. The Kier molecular flexibility index (Phi) is 4.96. The zero-order valence-corrected chi connectivity index (χ0v) is 16.6. The summed E-state index contributed by atoms with van der Waals surface area (Å²) < 4.78 is 19.0. The first-order valence-corrected chi connectivity index (χ1v) is 9.88. The predicted molar refractivity (Wildman–Crippen MR) is 104 cm³/mol. The van der Waals surface area contributed by atoms with Crippen molar-refractivity contribution in [3.8, 4) is 11.4 Å². The number of ether oxygens (including phenoxy) is 1. The van der Waals surface area contributed by atoms with Crippen molar-refractivity contribution in [2.45, 2.75) is 50.4 Å². The molecular formula is C21H26FN3O4. The van der Waals surface area contributed by atoms with Crippen LogP contribution in [0.4, 0.5) is 4.39 Å². The molecule has 0 bridgehead atoms. The summed E-state index contributed by atoms with van der Waals surface area (Å²) >= 11 is 0. The van der Waals surface area contributed by atoms with Crippen molar-refractivity contribution in [1.82, 2.24) is 14.9 Å². The number of rotatable bonds is 2. The lowest BCUT2D eigenvalue weighted by Crippen LogP contribution is -2.64. The summed E-state index contributed by atoms with van der Waals surface area (Å²) in [4.78, 5) is 22.3. The molecule has 2 atom stereocenters. The Labute approximate surface area is 168 Å². The van der Waals surface area contributed by atoms with Crippen molar-refractivity contribution in [3.05, 3.63) is 41.5 Å². The number of aliphatic hydroxyl groups is 2. The molecule has 7 nitrogen and oxygen atoms in total. The molecule has 0 unspecified atom stereocenters. The molecule has 2 fully saturated rings. The highest BCUT2D eigenvalue weighted by molar-refractivity contribution is 5.94. The lowest BCUT2D eigenvalue weighted by molar-refractivity contribution is -0.244. The fraction of sp³-hybridized carbons (Fsp3) is 0.524. The number of imidazole rings is 1. The highest BCUT2D eigenvalue weighted by Crippen LogP contribution is 2.40. The van der Waals surface area contributed by atoms with Gasteiger partial charge in [0.15, 0.2) is 0 Å². The first-order chi connectivity index (χ1) is 13.7. The minimum atomic E-state index is -1.19. The Hall–Kier alpha value is -2.29. The Bertz CT molecular complexity index is 901. The Morgan fingerprint density at radius 2 is 1.93 bits per heavy atom. The van der Waals surface area contributed by atoms with Crippen LogP contribution in [0.25, 0.3) is 11.4 Å². The molecule has 3 N–H and O–H groups in total. The van der Waals surface area contributed by atoms with Gasteiger partial charge in [0.1, 0.15) is 29.0 Å². The van der Waals surface area contributed by atoms with Crippen LogP contribution in [0.3, 0.4) is 0 Å². The number of aromatic nitrogens is 2. The first kappa shape index (κ1) is 20.0. The van der Waals surface area contributed by atoms with E-state index in [1.807, 2.05) is 0 Å². The smallest absolute Gasteiger partial charge is 0.274 e. The van der Waals surface area contributed by atoms with Gasteiger partial charge in [-0.25, -0.2) is 9.37 Å². The lowest BCUT2D eigenvalue weighted by Gasteiger charge is -2.51. The second-order valence-corrected chi connectivity index (χ2v) is 8.28. The van der Waals surface area contributed by atoms with Gasteiger partial charge in [-0.1, -0.05) is 0 Å². The standard InChI is InChI=1S/C21H26FN3O4/c1-13-16(24-17(23-13)14-3-5-15(22)6-4-14)18(26)25-10-7-21(8-11-25)19(27)20(2,28)9-12-29-21/h3-6,19,27-28H,7-12H2,1-2H3,(H,23,24)/t19-,20+/m0/s1. The third-order valence-corrected chi connectivity index (χ3v) is 6.19. The number of aliphatic hydroxyl groups excluding tert-OH is 1. The number of likely N-dealkylation sites (tertiary alicyclic amines) is 1. The van der Waals surface area contributed by atoms with Crippen molar-refractivity contribution in [2.75, 3.05) is 19.7 Å². The van der Waals surface area contributed by atoms with E-state index in [1.165, 1.54) is 12.1 Å². The number of benzene rings is 1. The van der Waals surface area contributed by atoms with Crippen LogP contribution in [0.15, 0.2) is 24.3 Å². The SMILES string of the molecule is Cc1[nH]c(-c2ccc(F)cc2)nc1C(=O)N1CCC2(CC1)OCC[C@@](C)(O)[C@@H]2O. The average molecular weight is 403 g/mol. The summed E-state index contributed by atoms with van der Waals surface area (Å²) in [5.74, 6) is -0.0119. The predicted octanol–water partition coefficient (Wildman–Crippen LogP) is 2.03. The van der Waals surface area contributed by atoms with Crippen molar-refractivity contribution >= 4 is 5.91 Å². The maximum atomic E-state index is 13.1. The van der Waals surface area contributed by atoms with Gasteiger partial charge in [0, 0.05) is 30.8 Å². The topological polar surface area (TPSA) is 98.7 Å². The normalized spacial score (nSPS) is 26.7. The molecule has 1 aromatic carbocycles. The van der Waals surface area contributed by atoms with Crippen molar-refractivity contribution in [3.63, 3.8) is 0 Å². The molecule has 2 saturated heterocycles. The number of aryl methyl sites for hydroxylation is 1. The molecule has 8 heteroatoms. The maximum Gasteiger partial charge on any atom is 0.274 e. The summed E-state index contributed by atoms with van der Waals surface area (Å²) in [6, 6.07) is 5.92. The van der Waals surface area contributed by atoms with E-state index < -0.39 is 17.3 Å². The number of nitrogens with one attached hydrogen (secondary N) is 1. The number of amides is 1. The van der Waals surface area contributed by atoms with Crippen LogP contribution in [0.5, 0.6) is 0 Å². The summed E-state index contributed by atoms with van der Waals surface area (Å²) in [5.41, 5.74) is -0.331. The van der Waals surface area contributed by atoms with Crippen LogP contribution in [0.2, 0.25) is 0 Å². The van der Waals surface area contributed by atoms with Gasteiger partial charge in [-0.2, -0.15) is 0 Å². The van der Waals surface area contributed by atoms with Crippen LogP contribution in [-0.4, -0.2) is 68.0 Å². The molecule has 1 amide bonds. The molecule has 2 aliphatic rings. The largest absolute Gasteiger partial charge is 0.387 e. The molecule has 3 heterocycles. The number of hydrogen-bond acceptors (Lipinski definition) is 5. The number of halogens is 1. The summed E-state index contributed by atoms with van der Waals surface area (Å²) in [6.07, 6.45) is 0.296. The fourth-order valence-corrected chi connectivity index (χ4v) is 4.31. The van der Waals surface area contributed by atoms with Crippen molar-refractivity contribution in [1.29, 1.82) is 0 Å². The second kappa shape index (κ2) is 7.19. The van der Waals surface area contributed by atoms with Crippen LogP contribution in [0, 0.1) is 12.7 Å². The molecule has 2 aromatic rings. The Balaban J connectivity index is 1.48. The third kappa shape index (κ3) is 3.56. The number of carbonyl (C=O) groups excluding carboxylic acids is 1. The van der Waals surface area contributed by atoms with Crippen LogP contribution in [0.1, 0.15) is 42.4 Å². The van der Waals surface area contributed by atoms with Gasteiger partial charge < -0.3 is 24.8 Å². The van der Waals surface area contributed by atoms with Crippen LogP contribution < -0.4 is 0 Å². The van der Waals surface area contributed by atoms with Gasteiger partial charge in [0.2, 0.25) is 0 Å². The van der Waals surface area contributed by atoms with Gasteiger partial charge in [0.25, 0.3) is 5.91 Å². The van der Waals surface area contributed by atoms with Crippen molar-refractivity contribution in [2.24, 2.45) is 0 Å². The van der Waals surface area contributed by atoms with Gasteiger partial charge in [-0.3, -0.25) is 4.79 Å². The molecule has 0 radical (unpaired) electrons. The summed E-state index contributed by atoms with van der Waals surface area (Å²) in [6.45, 7) is 4.61. The van der Waals surface area contributed by atoms with Crippen LogP contribution in [-0.2, 0) is 4.74 Å². The number of carbonyl (C=O) groups is 1. The van der Waals surface area contributed by atoms with E-state index in [4.69, 9.17) is 4.74 Å². The highest BCUT2D eigenvalue weighted by Gasteiger charge is 2.53. The molecule has 4 rings (SSSR count). The molecule has 156 valence electrons. The Morgan fingerprint density at radius 1 is 1.28 bits per heavy atom. The van der Waals surface area contributed by atoms with Gasteiger partial charge in [-0.15, -0.1) is 0 Å². The second-order valence-electron chi connectivity index (χ2n) is 8.28. The zero-order chi connectivity index (χ0) is 20.8. The number of hydrogen-bond donors (Lipinski definition) is 3. The molecular weight excluding hydrogens is 377 g/mol. The third-order valence-electron chi connectivity index (χ3n) is 6.19. The van der Waals surface area contributed by atoms with Gasteiger partial charge in [-0.05, 0) is 51.0 Å². The summed E-state index contributed by atoms with van der Waals surface area (Å²) in [5, 5.41) is 21.1. The van der Waals surface area contributed by atoms with E-state index in [0.29, 0.717) is 61.7 Å². The van der Waals surface area contributed by atoms with Gasteiger partial charge in [0.05, 0.1) is 12.2 Å². The lowest BCUT2D eigenvalue weighted by atomic mass is 9.75. The minimum absolute atomic E-state index is 0.195. The fourth-order valence-electron chi connectivity index (χ4n) is 4.31. The van der Waals surface area contributed by atoms with E-state index in [2.05, 4.69) is 9.97 Å². The first-order valence-electron chi connectivity index (χ1n) is 9.88. The molecule has 2 aliphatic heterocycles. The maximum absolute atomic E-state index is 13.1. The average Bonchev–Trinajstić information content (AvgIpc) is 3.08. The number of H-pyrrole nitrogens is 1. The van der Waals surface area contributed by atoms with Crippen molar-refractivity contribution < 1.29 is 24.1 Å². The highest BCUT2D eigenvalue weighted by atomic mass is 19.1. The molecule has 0 aliphatic carbocycles. The molecule has 29 heavy (non-hydrogen) atoms.